The van der Waals surface area contributed by atoms with Crippen molar-refractivity contribution in [2.45, 2.75) is 12.6 Å². The summed E-state index contributed by atoms with van der Waals surface area (Å²) in [5.41, 5.74) is 1.34. The smallest absolute Gasteiger partial charge is 0.295 e. The predicted octanol–water partition coefficient (Wildman–Crippen LogP) is 2.92. The Kier molecular flexibility index (Phi) is 4.88. The Balaban J connectivity index is 1.65. The molecule has 0 spiro atoms. The number of carbonyl (C=O) groups excluding carboxylic acids is 1. The number of hydrogen-bond donors (Lipinski definition) is 2. The topological polar surface area (TPSA) is 80.0 Å². The quantitative estimate of drug-likeness (QED) is 0.747. The summed E-state index contributed by atoms with van der Waals surface area (Å²) in [6, 6.07) is 16.0. The number of nitrogens with zero attached hydrogens (tertiary/aromatic N) is 3. The number of benzene rings is 2. The molecule has 3 aromatic rings. The number of hydrogen-bond acceptors (Lipinski definition) is 4. The second kappa shape index (κ2) is 7.25. The largest absolute Gasteiger partial charge is 0.386 e. The van der Waals surface area contributed by atoms with Crippen molar-refractivity contribution in [1.29, 1.82) is 0 Å². The minimum atomic E-state index is -0.725. The molecule has 1 amide bonds. The number of aromatic nitrogens is 3. The van der Waals surface area contributed by atoms with Crippen LogP contribution < -0.4 is 5.32 Å². The summed E-state index contributed by atoms with van der Waals surface area (Å²) in [5.74, 6) is -0.416. The van der Waals surface area contributed by atoms with Gasteiger partial charge in [-0.25, -0.2) is 9.67 Å². The molecule has 0 unspecified atom stereocenters. The zero-order valence-corrected chi connectivity index (χ0v) is 13.4. The molecule has 7 heteroatoms. The van der Waals surface area contributed by atoms with Gasteiger partial charge in [0.1, 0.15) is 6.33 Å². The van der Waals surface area contributed by atoms with Crippen LogP contribution in [-0.2, 0) is 6.54 Å². The van der Waals surface area contributed by atoms with Gasteiger partial charge in [-0.2, -0.15) is 0 Å². The third-order valence-corrected chi connectivity index (χ3v) is 3.60. The van der Waals surface area contributed by atoms with E-state index >= 15 is 0 Å². The highest BCUT2D eigenvalue weighted by Gasteiger charge is 2.14. The van der Waals surface area contributed by atoms with Crippen LogP contribution in [0.3, 0.4) is 0 Å². The van der Waals surface area contributed by atoms with Crippen molar-refractivity contribution in [3.8, 4) is 0 Å². The van der Waals surface area contributed by atoms with Gasteiger partial charge < -0.3 is 10.4 Å². The second-order valence-electron chi connectivity index (χ2n) is 5.18. The molecule has 3 rings (SSSR count). The highest BCUT2D eigenvalue weighted by atomic mass is 35.5. The SMILES string of the molecule is O=C(Nc1cccc(Cl)c1)c1ncn(C[C@@H](O)c2ccccc2)n1. The van der Waals surface area contributed by atoms with Gasteiger partial charge in [0.2, 0.25) is 5.82 Å². The number of carbonyl (C=O) groups is 1. The van der Waals surface area contributed by atoms with Crippen LogP contribution in [0.5, 0.6) is 0 Å². The molecule has 1 atom stereocenters. The van der Waals surface area contributed by atoms with Crippen LogP contribution >= 0.6 is 11.6 Å². The van der Waals surface area contributed by atoms with E-state index in [1.165, 1.54) is 11.0 Å². The lowest BCUT2D eigenvalue weighted by molar-refractivity contribution is 0.101. The van der Waals surface area contributed by atoms with E-state index in [-0.39, 0.29) is 12.4 Å². The first-order valence-electron chi connectivity index (χ1n) is 7.31. The van der Waals surface area contributed by atoms with E-state index in [4.69, 9.17) is 11.6 Å². The molecule has 0 bridgehead atoms. The van der Waals surface area contributed by atoms with Gasteiger partial charge in [0.15, 0.2) is 0 Å². The Labute approximate surface area is 143 Å². The van der Waals surface area contributed by atoms with Crippen molar-refractivity contribution in [3.05, 3.63) is 77.3 Å². The van der Waals surface area contributed by atoms with Crippen LogP contribution in [0, 0.1) is 0 Å². The normalized spacial score (nSPS) is 11.9. The van der Waals surface area contributed by atoms with Crippen molar-refractivity contribution in [2.75, 3.05) is 5.32 Å². The summed E-state index contributed by atoms with van der Waals surface area (Å²) in [5, 5.41) is 17.5. The van der Waals surface area contributed by atoms with Crippen molar-refractivity contribution < 1.29 is 9.90 Å². The van der Waals surface area contributed by atoms with E-state index in [1.807, 2.05) is 30.3 Å². The van der Waals surface area contributed by atoms with Gasteiger partial charge in [0, 0.05) is 10.7 Å². The Morgan fingerprint density at radius 1 is 1.21 bits per heavy atom. The first-order valence-corrected chi connectivity index (χ1v) is 7.69. The molecule has 122 valence electrons. The first-order chi connectivity index (χ1) is 11.6. The molecule has 0 radical (unpaired) electrons. The number of rotatable bonds is 5. The molecule has 0 saturated carbocycles. The van der Waals surface area contributed by atoms with Crippen LogP contribution in [0.25, 0.3) is 0 Å². The van der Waals surface area contributed by atoms with Crippen LogP contribution in [0.1, 0.15) is 22.3 Å². The molecule has 2 aromatic carbocycles. The number of aliphatic hydroxyl groups is 1. The van der Waals surface area contributed by atoms with E-state index in [0.29, 0.717) is 10.7 Å². The molecule has 0 aliphatic heterocycles. The fraction of sp³-hybridized carbons (Fsp3) is 0.118. The standard InChI is InChI=1S/C17H15ClN4O2/c18-13-7-4-8-14(9-13)20-17(24)16-19-11-22(21-16)10-15(23)12-5-2-1-3-6-12/h1-9,11,15,23H,10H2,(H,20,24)/t15-/m1/s1. The average Bonchev–Trinajstić information content (AvgIpc) is 3.04. The van der Waals surface area contributed by atoms with Gasteiger partial charge in [0.05, 0.1) is 12.6 Å². The molecular weight excluding hydrogens is 328 g/mol. The third-order valence-electron chi connectivity index (χ3n) is 3.37. The predicted molar refractivity (Wildman–Crippen MR) is 90.8 cm³/mol. The summed E-state index contributed by atoms with van der Waals surface area (Å²) >= 11 is 5.88. The minimum absolute atomic E-state index is 0.0234. The minimum Gasteiger partial charge on any atom is -0.386 e. The Morgan fingerprint density at radius 2 is 2.00 bits per heavy atom. The van der Waals surface area contributed by atoms with Crippen LogP contribution in [-0.4, -0.2) is 25.8 Å². The Bertz CT molecular complexity index is 835. The van der Waals surface area contributed by atoms with E-state index < -0.39 is 12.0 Å². The number of halogens is 1. The van der Waals surface area contributed by atoms with E-state index in [1.54, 1.807) is 24.3 Å². The highest BCUT2D eigenvalue weighted by Crippen LogP contribution is 2.16. The molecule has 24 heavy (non-hydrogen) atoms. The van der Waals surface area contributed by atoms with Gasteiger partial charge in [0.25, 0.3) is 5.91 Å². The average molecular weight is 343 g/mol. The third kappa shape index (κ3) is 3.98. The number of nitrogens with one attached hydrogen (secondary N) is 1. The summed E-state index contributed by atoms with van der Waals surface area (Å²) < 4.78 is 1.44. The lowest BCUT2D eigenvalue weighted by atomic mass is 10.1. The number of anilines is 1. The second-order valence-corrected chi connectivity index (χ2v) is 5.62. The van der Waals surface area contributed by atoms with Gasteiger partial charge in [-0.3, -0.25) is 4.79 Å². The fourth-order valence-corrected chi connectivity index (χ4v) is 2.39. The number of amides is 1. The zero-order valence-electron chi connectivity index (χ0n) is 12.6. The molecule has 0 aliphatic rings. The maximum atomic E-state index is 12.1. The van der Waals surface area contributed by atoms with Crippen LogP contribution in [0.4, 0.5) is 5.69 Å². The molecular formula is C17H15ClN4O2. The van der Waals surface area contributed by atoms with Crippen molar-refractivity contribution in [2.24, 2.45) is 0 Å². The first kappa shape index (κ1) is 16.2. The van der Waals surface area contributed by atoms with E-state index in [9.17, 15) is 9.90 Å². The lowest BCUT2D eigenvalue weighted by Crippen LogP contribution is -2.15. The molecule has 1 aromatic heterocycles. The van der Waals surface area contributed by atoms with E-state index in [2.05, 4.69) is 15.4 Å². The highest BCUT2D eigenvalue weighted by molar-refractivity contribution is 6.30. The van der Waals surface area contributed by atoms with Gasteiger partial charge in [-0.1, -0.05) is 48.0 Å². The van der Waals surface area contributed by atoms with Crippen LogP contribution in [0.2, 0.25) is 5.02 Å². The maximum Gasteiger partial charge on any atom is 0.295 e. The molecule has 0 saturated heterocycles. The number of aliphatic hydroxyl groups excluding tert-OH is 1. The maximum absolute atomic E-state index is 12.1. The summed E-state index contributed by atoms with van der Waals surface area (Å²) in [4.78, 5) is 16.1. The molecule has 1 heterocycles. The summed E-state index contributed by atoms with van der Waals surface area (Å²) in [7, 11) is 0. The fourth-order valence-electron chi connectivity index (χ4n) is 2.20. The summed E-state index contributed by atoms with van der Waals surface area (Å²) in [6.45, 7) is 0.210. The van der Waals surface area contributed by atoms with E-state index in [0.717, 1.165) is 5.56 Å². The van der Waals surface area contributed by atoms with Gasteiger partial charge >= 0.3 is 0 Å². The van der Waals surface area contributed by atoms with Crippen LogP contribution in [0.15, 0.2) is 60.9 Å². The van der Waals surface area contributed by atoms with Crippen molar-refractivity contribution in [1.82, 2.24) is 14.8 Å². The monoisotopic (exact) mass is 342 g/mol. The summed E-state index contributed by atoms with van der Waals surface area (Å²) in [6.07, 6.45) is 0.690. The molecule has 6 nitrogen and oxygen atoms in total. The van der Waals surface area contributed by atoms with Gasteiger partial charge in [-0.05, 0) is 23.8 Å². The molecule has 2 N–H and O–H groups in total. The molecule has 0 aliphatic carbocycles. The van der Waals surface area contributed by atoms with Gasteiger partial charge in [-0.15, -0.1) is 5.10 Å². The lowest BCUT2D eigenvalue weighted by Gasteiger charge is -2.10. The Morgan fingerprint density at radius 3 is 2.75 bits per heavy atom. The van der Waals surface area contributed by atoms with Crippen molar-refractivity contribution >= 4 is 23.2 Å². The Hall–Kier alpha value is -2.70. The zero-order chi connectivity index (χ0) is 16.9. The van der Waals surface area contributed by atoms with Crippen molar-refractivity contribution in [3.63, 3.8) is 0 Å². The molecule has 0 fully saturated rings.